The topological polar surface area (TPSA) is 55.0 Å². The maximum absolute atomic E-state index is 5.62. The average Bonchev–Trinajstić information content (AvgIpc) is 2.42. The fraction of sp³-hybridized carbons (Fsp3) is 0.286. The zero-order valence-electron chi connectivity index (χ0n) is 10.8. The molecule has 1 aromatic heterocycles. The van der Waals surface area contributed by atoms with Crippen molar-refractivity contribution in [1.29, 1.82) is 0 Å². The molecule has 2 rings (SSSR count). The molecule has 1 aromatic carbocycles. The Morgan fingerprint density at radius 3 is 2.67 bits per heavy atom. The number of rotatable bonds is 4. The van der Waals surface area contributed by atoms with Gasteiger partial charge in [0, 0.05) is 25.0 Å². The molecule has 0 unspecified atom stereocenters. The summed E-state index contributed by atoms with van der Waals surface area (Å²) in [5, 5.41) is 0. The summed E-state index contributed by atoms with van der Waals surface area (Å²) in [5.74, 6) is 0.703. The molecule has 0 aliphatic carbocycles. The van der Waals surface area contributed by atoms with Gasteiger partial charge in [-0.1, -0.05) is 18.2 Å². The maximum atomic E-state index is 5.62. The molecule has 2 aromatic rings. The molecule has 0 saturated carbocycles. The monoisotopic (exact) mass is 242 g/mol. The van der Waals surface area contributed by atoms with E-state index in [9.17, 15) is 0 Å². The molecule has 0 aliphatic rings. The van der Waals surface area contributed by atoms with Gasteiger partial charge in [-0.05, 0) is 31.5 Å². The van der Waals surface area contributed by atoms with Crippen molar-refractivity contribution in [3.8, 4) is 0 Å². The standard InChI is InChI=1S/C14H18N4/c1-3-18(13-7-5-4-6-11(13)2)14-16-9-8-12(10-15)17-14/h4-9H,3,10,15H2,1-2H3. The number of nitrogens with zero attached hydrogens (tertiary/aromatic N) is 3. The fourth-order valence-corrected chi connectivity index (χ4v) is 1.91. The van der Waals surface area contributed by atoms with Crippen LogP contribution in [0.4, 0.5) is 11.6 Å². The van der Waals surface area contributed by atoms with E-state index in [2.05, 4.69) is 40.8 Å². The largest absolute Gasteiger partial charge is 0.325 e. The van der Waals surface area contributed by atoms with Gasteiger partial charge in [0.05, 0.1) is 5.69 Å². The molecule has 0 radical (unpaired) electrons. The highest BCUT2D eigenvalue weighted by Crippen LogP contribution is 2.24. The van der Waals surface area contributed by atoms with Gasteiger partial charge in [-0.3, -0.25) is 0 Å². The van der Waals surface area contributed by atoms with E-state index >= 15 is 0 Å². The molecule has 0 atom stereocenters. The van der Waals surface area contributed by atoms with Crippen LogP contribution >= 0.6 is 0 Å². The Morgan fingerprint density at radius 2 is 2.00 bits per heavy atom. The second-order valence-corrected chi connectivity index (χ2v) is 4.08. The highest BCUT2D eigenvalue weighted by molar-refractivity contribution is 5.61. The summed E-state index contributed by atoms with van der Waals surface area (Å²) in [4.78, 5) is 10.9. The van der Waals surface area contributed by atoms with E-state index in [1.807, 2.05) is 18.2 Å². The quantitative estimate of drug-likeness (QED) is 0.894. The summed E-state index contributed by atoms with van der Waals surface area (Å²) in [6, 6.07) is 10.1. The van der Waals surface area contributed by atoms with Gasteiger partial charge in [-0.2, -0.15) is 0 Å². The minimum absolute atomic E-state index is 0.431. The molecule has 18 heavy (non-hydrogen) atoms. The van der Waals surface area contributed by atoms with Gasteiger partial charge in [0.15, 0.2) is 0 Å². The Morgan fingerprint density at radius 1 is 1.22 bits per heavy atom. The van der Waals surface area contributed by atoms with Crippen LogP contribution in [0.25, 0.3) is 0 Å². The number of anilines is 2. The smallest absolute Gasteiger partial charge is 0.230 e. The number of aryl methyl sites for hydroxylation is 1. The summed E-state index contributed by atoms with van der Waals surface area (Å²) in [5.41, 5.74) is 8.82. The minimum atomic E-state index is 0.431. The lowest BCUT2D eigenvalue weighted by Gasteiger charge is -2.22. The molecule has 0 aliphatic heterocycles. The maximum Gasteiger partial charge on any atom is 0.230 e. The van der Waals surface area contributed by atoms with Crippen molar-refractivity contribution in [3.05, 3.63) is 47.8 Å². The molecule has 1 heterocycles. The van der Waals surface area contributed by atoms with E-state index in [1.54, 1.807) is 6.20 Å². The summed E-state index contributed by atoms with van der Waals surface area (Å²) in [6.07, 6.45) is 1.76. The lowest BCUT2D eigenvalue weighted by atomic mass is 10.2. The Hall–Kier alpha value is -1.94. The van der Waals surface area contributed by atoms with Crippen molar-refractivity contribution in [3.63, 3.8) is 0 Å². The number of hydrogen-bond acceptors (Lipinski definition) is 4. The predicted octanol–water partition coefficient (Wildman–Crippen LogP) is 2.40. The third-order valence-corrected chi connectivity index (χ3v) is 2.87. The van der Waals surface area contributed by atoms with Gasteiger partial charge in [-0.25, -0.2) is 9.97 Å². The molecular weight excluding hydrogens is 224 g/mol. The number of hydrogen-bond donors (Lipinski definition) is 1. The van der Waals surface area contributed by atoms with Gasteiger partial charge in [0.2, 0.25) is 5.95 Å². The van der Waals surface area contributed by atoms with Crippen LogP contribution in [0.15, 0.2) is 36.5 Å². The highest BCUT2D eigenvalue weighted by atomic mass is 15.2. The van der Waals surface area contributed by atoms with Crippen molar-refractivity contribution >= 4 is 11.6 Å². The van der Waals surface area contributed by atoms with Gasteiger partial charge in [0.1, 0.15) is 0 Å². The van der Waals surface area contributed by atoms with Crippen LogP contribution in [0.2, 0.25) is 0 Å². The second-order valence-electron chi connectivity index (χ2n) is 4.08. The first-order chi connectivity index (χ1) is 8.76. The van der Waals surface area contributed by atoms with Crippen molar-refractivity contribution in [2.75, 3.05) is 11.4 Å². The van der Waals surface area contributed by atoms with Crippen LogP contribution in [0, 0.1) is 6.92 Å². The van der Waals surface area contributed by atoms with Crippen molar-refractivity contribution < 1.29 is 0 Å². The lowest BCUT2D eigenvalue weighted by Crippen LogP contribution is -2.20. The molecule has 0 saturated heterocycles. The summed E-state index contributed by atoms with van der Waals surface area (Å²) >= 11 is 0. The van der Waals surface area contributed by atoms with Crippen LogP contribution in [-0.4, -0.2) is 16.5 Å². The van der Waals surface area contributed by atoms with E-state index in [1.165, 1.54) is 5.56 Å². The molecule has 94 valence electrons. The summed E-state index contributed by atoms with van der Waals surface area (Å²) < 4.78 is 0. The molecule has 4 heteroatoms. The zero-order chi connectivity index (χ0) is 13.0. The fourth-order valence-electron chi connectivity index (χ4n) is 1.91. The highest BCUT2D eigenvalue weighted by Gasteiger charge is 2.12. The molecule has 2 N–H and O–H groups in total. The van der Waals surface area contributed by atoms with Crippen LogP contribution in [0.1, 0.15) is 18.2 Å². The number of para-hydroxylation sites is 1. The van der Waals surface area contributed by atoms with Gasteiger partial charge >= 0.3 is 0 Å². The summed E-state index contributed by atoms with van der Waals surface area (Å²) in [7, 11) is 0. The molecule has 4 nitrogen and oxygen atoms in total. The van der Waals surface area contributed by atoms with E-state index < -0.39 is 0 Å². The first-order valence-electron chi connectivity index (χ1n) is 6.11. The Balaban J connectivity index is 2.42. The zero-order valence-corrected chi connectivity index (χ0v) is 10.8. The van der Waals surface area contributed by atoms with Crippen molar-refractivity contribution in [1.82, 2.24) is 9.97 Å². The first-order valence-corrected chi connectivity index (χ1v) is 6.11. The van der Waals surface area contributed by atoms with Crippen LogP contribution in [-0.2, 0) is 6.54 Å². The number of nitrogens with two attached hydrogens (primary N) is 1. The first kappa shape index (κ1) is 12.5. The van der Waals surface area contributed by atoms with E-state index in [-0.39, 0.29) is 0 Å². The molecule has 0 fully saturated rings. The van der Waals surface area contributed by atoms with Crippen LogP contribution in [0.5, 0.6) is 0 Å². The van der Waals surface area contributed by atoms with Crippen molar-refractivity contribution in [2.24, 2.45) is 5.73 Å². The molecule has 0 spiro atoms. The van der Waals surface area contributed by atoms with Crippen LogP contribution < -0.4 is 10.6 Å². The molecule has 0 amide bonds. The minimum Gasteiger partial charge on any atom is -0.325 e. The average molecular weight is 242 g/mol. The van der Waals surface area contributed by atoms with Gasteiger partial charge in [0.25, 0.3) is 0 Å². The third-order valence-electron chi connectivity index (χ3n) is 2.87. The molecular formula is C14H18N4. The number of benzene rings is 1. The van der Waals surface area contributed by atoms with Gasteiger partial charge < -0.3 is 10.6 Å². The Labute approximate surface area is 107 Å². The van der Waals surface area contributed by atoms with E-state index in [0.29, 0.717) is 12.5 Å². The Bertz CT molecular complexity index is 525. The summed E-state index contributed by atoms with van der Waals surface area (Å²) in [6.45, 7) is 5.43. The predicted molar refractivity (Wildman–Crippen MR) is 73.8 cm³/mol. The van der Waals surface area contributed by atoms with E-state index in [4.69, 9.17) is 5.73 Å². The van der Waals surface area contributed by atoms with E-state index in [0.717, 1.165) is 17.9 Å². The number of aromatic nitrogens is 2. The third kappa shape index (κ3) is 2.49. The normalized spacial score (nSPS) is 10.4. The van der Waals surface area contributed by atoms with Gasteiger partial charge in [-0.15, -0.1) is 0 Å². The second kappa shape index (κ2) is 5.60. The molecule has 0 bridgehead atoms. The van der Waals surface area contributed by atoms with Crippen LogP contribution in [0.3, 0.4) is 0 Å². The lowest BCUT2D eigenvalue weighted by molar-refractivity contribution is 0.898. The SMILES string of the molecule is CCN(c1nccc(CN)n1)c1ccccc1C. The van der Waals surface area contributed by atoms with Crippen molar-refractivity contribution in [2.45, 2.75) is 20.4 Å². The Kier molecular flexibility index (Phi) is 3.89.